The predicted molar refractivity (Wildman–Crippen MR) is 176 cm³/mol. The van der Waals surface area contributed by atoms with Crippen LogP contribution in [0.25, 0.3) is 33.4 Å². The van der Waals surface area contributed by atoms with Crippen molar-refractivity contribution < 1.29 is 9.59 Å². The topological polar surface area (TPSA) is 106 Å². The van der Waals surface area contributed by atoms with Crippen molar-refractivity contribution in [3.63, 3.8) is 0 Å². The zero-order chi connectivity index (χ0) is 30.6. The molecular formula is C35H35N7O2. The van der Waals surface area contributed by atoms with E-state index in [4.69, 9.17) is 0 Å². The first-order chi connectivity index (χ1) is 21.4. The Labute approximate surface area is 256 Å². The number of aryl methyl sites for hydroxylation is 1. The molecule has 222 valence electrons. The molecule has 4 heterocycles. The number of nitrogens with zero attached hydrogens (tertiary/aromatic N) is 4. The van der Waals surface area contributed by atoms with Gasteiger partial charge in [0.2, 0.25) is 5.91 Å². The number of rotatable bonds is 8. The number of hydrogen-bond acceptors (Lipinski definition) is 6. The van der Waals surface area contributed by atoms with Gasteiger partial charge in [-0.3, -0.25) is 14.6 Å². The lowest BCUT2D eigenvalue weighted by Gasteiger charge is -2.34. The van der Waals surface area contributed by atoms with E-state index in [1.165, 1.54) is 11.8 Å². The van der Waals surface area contributed by atoms with Crippen LogP contribution < -0.4 is 15.5 Å². The largest absolute Gasteiger partial charge is 0.369 e. The lowest BCUT2D eigenvalue weighted by atomic mass is 9.96. The molecule has 0 atom stereocenters. The number of pyridine rings is 2. The molecule has 0 saturated carbocycles. The standard InChI is InChI=1S/C35H35N7O2/c1-4-31(43)39-30-19-26(8-7-23(30)2)32-29-18-27(35(44)38-21-24-6-5-13-36-20-24)22-37-34(29)40-33(32)25-9-11-28(12-10-25)42-16-14-41(3)15-17-42/h4-13,18-20,22H,1,14-17,21H2,2-3H3,(H,37,40)(H,38,44)(H,39,43). The summed E-state index contributed by atoms with van der Waals surface area (Å²) >= 11 is 0. The molecule has 1 saturated heterocycles. The molecule has 5 aromatic rings. The fourth-order valence-electron chi connectivity index (χ4n) is 5.50. The maximum Gasteiger partial charge on any atom is 0.253 e. The van der Waals surface area contributed by atoms with Gasteiger partial charge >= 0.3 is 0 Å². The lowest BCUT2D eigenvalue weighted by molar-refractivity contribution is -0.111. The monoisotopic (exact) mass is 585 g/mol. The van der Waals surface area contributed by atoms with Gasteiger partial charge in [0.15, 0.2) is 0 Å². The fourth-order valence-corrected chi connectivity index (χ4v) is 5.50. The van der Waals surface area contributed by atoms with E-state index in [2.05, 4.69) is 73.3 Å². The van der Waals surface area contributed by atoms with Gasteiger partial charge in [0.25, 0.3) is 5.91 Å². The van der Waals surface area contributed by atoms with Crippen LogP contribution in [0, 0.1) is 6.92 Å². The third-order valence-corrected chi connectivity index (χ3v) is 8.08. The maximum atomic E-state index is 13.2. The molecule has 1 aliphatic rings. The zero-order valence-electron chi connectivity index (χ0n) is 24.9. The number of H-pyrrole nitrogens is 1. The van der Waals surface area contributed by atoms with E-state index >= 15 is 0 Å². The third-order valence-electron chi connectivity index (χ3n) is 8.08. The summed E-state index contributed by atoms with van der Waals surface area (Å²) in [7, 11) is 2.15. The summed E-state index contributed by atoms with van der Waals surface area (Å²) in [6.07, 6.45) is 6.28. The van der Waals surface area contributed by atoms with Crippen LogP contribution in [0.5, 0.6) is 0 Å². The summed E-state index contributed by atoms with van der Waals surface area (Å²) < 4.78 is 0. The molecule has 3 N–H and O–H groups in total. The van der Waals surface area contributed by atoms with Gasteiger partial charge in [-0.05, 0) is 72.6 Å². The average Bonchev–Trinajstić information content (AvgIpc) is 3.44. The molecule has 9 heteroatoms. The highest BCUT2D eigenvalue weighted by Crippen LogP contribution is 2.40. The second kappa shape index (κ2) is 12.5. The molecule has 6 rings (SSSR count). The van der Waals surface area contributed by atoms with Gasteiger partial charge in [-0.25, -0.2) is 4.98 Å². The summed E-state index contributed by atoms with van der Waals surface area (Å²) in [5.41, 5.74) is 8.50. The Bertz CT molecular complexity index is 1820. The van der Waals surface area contributed by atoms with E-state index in [9.17, 15) is 9.59 Å². The third kappa shape index (κ3) is 6.09. The number of nitrogens with one attached hydrogen (secondary N) is 3. The number of carbonyl (C=O) groups excluding carboxylic acids is 2. The van der Waals surface area contributed by atoms with Crippen LogP contribution in [0.3, 0.4) is 0 Å². The van der Waals surface area contributed by atoms with Crippen molar-refractivity contribution in [1.82, 2.24) is 25.2 Å². The molecular weight excluding hydrogens is 550 g/mol. The van der Waals surface area contributed by atoms with Gasteiger partial charge in [-0.15, -0.1) is 0 Å². The number of piperazine rings is 1. The highest BCUT2D eigenvalue weighted by atomic mass is 16.2. The minimum absolute atomic E-state index is 0.226. The fraction of sp³-hybridized carbons (Fsp3) is 0.200. The van der Waals surface area contributed by atoms with Crippen LogP contribution in [-0.4, -0.2) is 64.9 Å². The molecule has 9 nitrogen and oxygen atoms in total. The van der Waals surface area contributed by atoms with E-state index in [1.54, 1.807) is 18.6 Å². The van der Waals surface area contributed by atoms with Gasteiger partial charge in [-0.2, -0.15) is 0 Å². The molecule has 0 bridgehead atoms. The van der Waals surface area contributed by atoms with Gasteiger partial charge < -0.3 is 25.4 Å². The zero-order valence-corrected chi connectivity index (χ0v) is 24.9. The van der Waals surface area contributed by atoms with E-state index < -0.39 is 0 Å². The number of hydrogen-bond donors (Lipinski definition) is 3. The van der Waals surface area contributed by atoms with Crippen LogP contribution >= 0.6 is 0 Å². The number of anilines is 2. The molecule has 2 aromatic carbocycles. The first kappa shape index (κ1) is 28.8. The minimum Gasteiger partial charge on any atom is -0.369 e. The number of aromatic nitrogens is 3. The van der Waals surface area contributed by atoms with Gasteiger partial charge in [-0.1, -0.05) is 36.9 Å². The molecule has 0 aliphatic carbocycles. The summed E-state index contributed by atoms with van der Waals surface area (Å²) in [5.74, 6) is -0.505. The van der Waals surface area contributed by atoms with Crippen LogP contribution in [0.1, 0.15) is 21.5 Å². The Kier molecular flexibility index (Phi) is 8.21. The first-order valence-electron chi connectivity index (χ1n) is 14.7. The Morgan fingerprint density at radius 1 is 1.00 bits per heavy atom. The van der Waals surface area contributed by atoms with Crippen molar-refractivity contribution in [2.45, 2.75) is 13.5 Å². The normalized spacial score (nSPS) is 13.5. The van der Waals surface area contributed by atoms with Gasteiger partial charge in [0.05, 0.1) is 11.3 Å². The SMILES string of the molecule is C=CC(=O)Nc1cc(-c2c(-c3ccc(N4CCN(C)CC4)cc3)[nH]c3ncc(C(=O)NCc4cccnc4)cc23)ccc1C. The van der Waals surface area contributed by atoms with E-state index in [0.717, 1.165) is 65.1 Å². The molecule has 44 heavy (non-hydrogen) atoms. The minimum atomic E-state index is -0.280. The highest BCUT2D eigenvalue weighted by molar-refractivity contribution is 6.07. The van der Waals surface area contributed by atoms with E-state index in [1.807, 2.05) is 43.3 Å². The number of likely N-dealkylation sites (N-methyl/N-ethyl adjacent to an activating group) is 1. The van der Waals surface area contributed by atoms with Crippen molar-refractivity contribution in [3.05, 3.63) is 109 Å². The molecule has 0 radical (unpaired) electrons. The molecule has 2 amide bonds. The number of carbonyl (C=O) groups is 2. The van der Waals surface area contributed by atoms with Crippen molar-refractivity contribution in [3.8, 4) is 22.4 Å². The van der Waals surface area contributed by atoms with Crippen molar-refractivity contribution >= 4 is 34.2 Å². The Morgan fingerprint density at radius 2 is 1.77 bits per heavy atom. The Balaban J connectivity index is 1.41. The number of amides is 2. The van der Waals surface area contributed by atoms with Crippen LogP contribution in [0.15, 0.2) is 91.9 Å². The summed E-state index contributed by atoms with van der Waals surface area (Å²) in [4.78, 5) is 42.4. The quantitative estimate of drug-likeness (QED) is 0.211. The van der Waals surface area contributed by atoms with Crippen LogP contribution in [0.2, 0.25) is 0 Å². The predicted octanol–water partition coefficient (Wildman–Crippen LogP) is 5.41. The van der Waals surface area contributed by atoms with E-state index in [0.29, 0.717) is 23.4 Å². The Morgan fingerprint density at radius 3 is 2.50 bits per heavy atom. The van der Waals surface area contributed by atoms with Crippen molar-refractivity contribution in [1.29, 1.82) is 0 Å². The van der Waals surface area contributed by atoms with Crippen molar-refractivity contribution in [2.75, 3.05) is 43.4 Å². The molecule has 3 aromatic heterocycles. The second-order valence-corrected chi connectivity index (χ2v) is 11.1. The maximum absolute atomic E-state index is 13.2. The lowest BCUT2D eigenvalue weighted by Crippen LogP contribution is -2.44. The average molecular weight is 586 g/mol. The van der Waals surface area contributed by atoms with Crippen molar-refractivity contribution in [2.24, 2.45) is 0 Å². The first-order valence-corrected chi connectivity index (χ1v) is 14.7. The van der Waals surface area contributed by atoms with Gasteiger partial charge in [0, 0.05) is 73.6 Å². The second-order valence-electron chi connectivity index (χ2n) is 11.1. The molecule has 0 spiro atoms. The molecule has 1 aliphatic heterocycles. The number of benzene rings is 2. The summed E-state index contributed by atoms with van der Waals surface area (Å²) in [6, 6.07) is 20.2. The van der Waals surface area contributed by atoms with E-state index in [-0.39, 0.29) is 11.8 Å². The molecule has 1 fully saturated rings. The van der Waals surface area contributed by atoms with Crippen LogP contribution in [-0.2, 0) is 11.3 Å². The number of aromatic amines is 1. The van der Waals surface area contributed by atoms with Gasteiger partial charge in [0.1, 0.15) is 5.65 Å². The number of fused-ring (bicyclic) bond motifs is 1. The summed E-state index contributed by atoms with van der Waals surface area (Å²) in [6.45, 7) is 9.95. The molecule has 0 unspecified atom stereocenters. The highest BCUT2D eigenvalue weighted by Gasteiger charge is 2.20. The Hall–Kier alpha value is -5.28. The smallest absolute Gasteiger partial charge is 0.253 e. The summed E-state index contributed by atoms with van der Waals surface area (Å²) in [5, 5.41) is 6.69. The van der Waals surface area contributed by atoms with Crippen LogP contribution in [0.4, 0.5) is 11.4 Å².